The first-order valence-corrected chi connectivity index (χ1v) is 9.97. The number of halogens is 2. The number of carbonyl (C=O) groups excluding carboxylic acids is 1. The molecule has 1 aliphatic heterocycles. The number of aromatic nitrogens is 1. The minimum Gasteiger partial charge on any atom is -0.477 e. The third-order valence-electron chi connectivity index (χ3n) is 5.32. The molecule has 7 heteroatoms. The Morgan fingerprint density at radius 2 is 1.90 bits per heavy atom. The highest BCUT2D eigenvalue weighted by molar-refractivity contribution is 5.66. The molecule has 2 aliphatic rings. The summed E-state index contributed by atoms with van der Waals surface area (Å²) in [6.45, 7) is 3.21. The topological polar surface area (TPSA) is 51.7 Å². The van der Waals surface area contributed by atoms with Crippen molar-refractivity contribution < 1.29 is 23.0 Å². The lowest BCUT2D eigenvalue weighted by Crippen LogP contribution is -2.23. The minimum atomic E-state index is -0.626. The summed E-state index contributed by atoms with van der Waals surface area (Å²) in [5, 5.41) is 0. The minimum absolute atomic E-state index is 0.0415. The standard InChI is InChI=1S/C22H24F2N2O3/c1-14(27)28-13-16-7-8-26(11-16)22-18(23)9-17(10-19(22)24)20-3-2-4-21(25-20)29-12-15-5-6-15/h2-4,9-10,15-16H,5-8,11-13H2,1H3/t16-/m0/s1. The van der Waals surface area contributed by atoms with E-state index in [1.54, 1.807) is 23.1 Å². The van der Waals surface area contributed by atoms with E-state index >= 15 is 0 Å². The smallest absolute Gasteiger partial charge is 0.302 e. The molecule has 1 saturated heterocycles. The maximum Gasteiger partial charge on any atom is 0.302 e. The van der Waals surface area contributed by atoms with E-state index in [1.807, 2.05) is 0 Å². The molecule has 1 saturated carbocycles. The quantitative estimate of drug-likeness (QED) is 0.650. The molecular formula is C22H24F2N2O3. The van der Waals surface area contributed by atoms with Gasteiger partial charge in [0.15, 0.2) is 0 Å². The Morgan fingerprint density at radius 3 is 2.59 bits per heavy atom. The second-order valence-electron chi connectivity index (χ2n) is 7.81. The van der Waals surface area contributed by atoms with Crippen LogP contribution in [0.25, 0.3) is 11.3 Å². The summed E-state index contributed by atoms with van der Waals surface area (Å²) < 4.78 is 40.3. The Morgan fingerprint density at radius 1 is 1.14 bits per heavy atom. The lowest BCUT2D eigenvalue weighted by molar-refractivity contribution is -0.142. The van der Waals surface area contributed by atoms with E-state index in [0.29, 0.717) is 42.8 Å². The maximum absolute atomic E-state index is 14.8. The van der Waals surface area contributed by atoms with Gasteiger partial charge in [-0.15, -0.1) is 0 Å². The summed E-state index contributed by atoms with van der Waals surface area (Å²) in [5.41, 5.74) is 0.799. The Balaban J connectivity index is 1.49. The van der Waals surface area contributed by atoms with Gasteiger partial charge in [0.1, 0.15) is 17.3 Å². The molecule has 2 aromatic rings. The first kappa shape index (κ1) is 19.6. The van der Waals surface area contributed by atoms with E-state index in [4.69, 9.17) is 9.47 Å². The number of carbonyl (C=O) groups is 1. The lowest BCUT2D eigenvalue weighted by Gasteiger charge is -2.21. The number of benzene rings is 1. The van der Waals surface area contributed by atoms with Gasteiger partial charge in [0.2, 0.25) is 5.88 Å². The zero-order valence-electron chi connectivity index (χ0n) is 16.4. The van der Waals surface area contributed by atoms with Crippen molar-refractivity contribution in [3.05, 3.63) is 42.0 Å². The van der Waals surface area contributed by atoms with Gasteiger partial charge in [-0.3, -0.25) is 4.79 Å². The normalized spacial score (nSPS) is 18.7. The van der Waals surface area contributed by atoms with Gasteiger partial charge in [0.25, 0.3) is 0 Å². The lowest BCUT2D eigenvalue weighted by atomic mass is 10.1. The molecule has 2 heterocycles. The van der Waals surface area contributed by atoms with Crippen LogP contribution in [0, 0.1) is 23.5 Å². The van der Waals surface area contributed by atoms with Gasteiger partial charge in [0.05, 0.1) is 18.9 Å². The predicted octanol–water partition coefficient (Wildman–Crippen LogP) is 4.21. The molecule has 1 aromatic heterocycles. The molecule has 2 fully saturated rings. The van der Waals surface area contributed by atoms with Crippen molar-refractivity contribution in [1.82, 2.24) is 4.98 Å². The van der Waals surface area contributed by atoms with Crippen molar-refractivity contribution in [2.75, 3.05) is 31.2 Å². The molecule has 29 heavy (non-hydrogen) atoms. The molecule has 1 atom stereocenters. The molecule has 5 nitrogen and oxygen atoms in total. The van der Waals surface area contributed by atoms with Crippen LogP contribution in [0.15, 0.2) is 30.3 Å². The van der Waals surface area contributed by atoms with E-state index in [2.05, 4.69) is 4.98 Å². The largest absolute Gasteiger partial charge is 0.477 e. The van der Waals surface area contributed by atoms with Crippen LogP contribution in [0.2, 0.25) is 0 Å². The van der Waals surface area contributed by atoms with Crippen LogP contribution in [0.3, 0.4) is 0 Å². The molecular weight excluding hydrogens is 378 g/mol. The van der Waals surface area contributed by atoms with E-state index in [0.717, 1.165) is 6.42 Å². The van der Waals surface area contributed by atoms with Gasteiger partial charge in [-0.1, -0.05) is 6.07 Å². The van der Waals surface area contributed by atoms with Gasteiger partial charge in [-0.2, -0.15) is 0 Å². The van der Waals surface area contributed by atoms with Crippen molar-refractivity contribution in [2.24, 2.45) is 11.8 Å². The van der Waals surface area contributed by atoms with E-state index in [-0.39, 0.29) is 24.2 Å². The fourth-order valence-corrected chi connectivity index (χ4v) is 3.57. The summed E-state index contributed by atoms with van der Waals surface area (Å²) in [4.78, 5) is 17.0. The number of anilines is 1. The number of hydrogen-bond acceptors (Lipinski definition) is 5. The second kappa shape index (κ2) is 8.35. The fraction of sp³-hybridized carbons (Fsp3) is 0.455. The van der Waals surface area contributed by atoms with E-state index in [1.165, 1.54) is 31.9 Å². The maximum atomic E-state index is 14.8. The van der Waals surface area contributed by atoms with Crippen LogP contribution in [0.4, 0.5) is 14.5 Å². The summed E-state index contributed by atoms with van der Waals surface area (Å²) in [7, 11) is 0. The van der Waals surface area contributed by atoms with Crippen LogP contribution in [-0.4, -0.2) is 37.3 Å². The third-order valence-corrected chi connectivity index (χ3v) is 5.32. The summed E-state index contributed by atoms with van der Waals surface area (Å²) in [6.07, 6.45) is 3.07. The molecule has 154 valence electrons. The molecule has 0 radical (unpaired) electrons. The highest BCUT2D eigenvalue weighted by atomic mass is 19.1. The van der Waals surface area contributed by atoms with E-state index in [9.17, 15) is 13.6 Å². The Kier molecular flexibility index (Phi) is 5.65. The zero-order valence-corrected chi connectivity index (χ0v) is 16.4. The van der Waals surface area contributed by atoms with Gasteiger partial charge >= 0.3 is 5.97 Å². The Bertz CT molecular complexity index is 878. The highest BCUT2D eigenvalue weighted by Gasteiger charge is 2.28. The number of hydrogen-bond donors (Lipinski definition) is 0. The van der Waals surface area contributed by atoms with Crippen molar-refractivity contribution in [1.29, 1.82) is 0 Å². The SMILES string of the molecule is CC(=O)OC[C@H]1CCN(c2c(F)cc(-c3cccc(OCC4CC4)n3)cc2F)C1. The van der Waals surface area contributed by atoms with Gasteiger partial charge in [0, 0.05) is 37.6 Å². The number of pyridine rings is 1. The zero-order chi connectivity index (χ0) is 20.4. The molecule has 0 unspecified atom stereocenters. The molecule has 1 aliphatic carbocycles. The number of rotatable bonds is 7. The number of nitrogens with zero attached hydrogens (tertiary/aromatic N) is 2. The van der Waals surface area contributed by atoms with E-state index < -0.39 is 11.6 Å². The number of ether oxygens (including phenoxy) is 2. The van der Waals surface area contributed by atoms with Gasteiger partial charge < -0.3 is 14.4 Å². The summed E-state index contributed by atoms with van der Waals surface area (Å²) in [5.74, 6) is -0.467. The second-order valence-corrected chi connectivity index (χ2v) is 7.81. The average Bonchev–Trinajstić information content (AvgIpc) is 3.41. The van der Waals surface area contributed by atoms with Crippen molar-refractivity contribution in [3.8, 4) is 17.1 Å². The summed E-state index contributed by atoms with van der Waals surface area (Å²) in [6, 6.07) is 7.85. The van der Waals surface area contributed by atoms with Crippen molar-refractivity contribution >= 4 is 11.7 Å². The number of esters is 1. The van der Waals surface area contributed by atoms with Gasteiger partial charge in [-0.25, -0.2) is 13.8 Å². The van der Waals surface area contributed by atoms with Crippen LogP contribution < -0.4 is 9.64 Å². The average molecular weight is 402 g/mol. The monoisotopic (exact) mass is 402 g/mol. The Hall–Kier alpha value is -2.70. The first-order valence-electron chi connectivity index (χ1n) is 9.97. The van der Waals surface area contributed by atoms with Crippen LogP contribution in [0.5, 0.6) is 5.88 Å². The van der Waals surface area contributed by atoms with Crippen LogP contribution in [-0.2, 0) is 9.53 Å². The molecule has 0 bridgehead atoms. The summed E-state index contributed by atoms with van der Waals surface area (Å²) >= 11 is 0. The highest BCUT2D eigenvalue weighted by Crippen LogP contribution is 2.33. The molecule has 4 rings (SSSR count). The van der Waals surface area contributed by atoms with Gasteiger partial charge in [-0.05, 0) is 43.4 Å². The molecule has 0 amide bonds. The Labute approximate surface area is 168 Å². The van der Waals surface area contributed by atoms with Crippen LogP contribution in [0.1, 0.15) is 26.2 Å². The fourth-order valence-electron chi connectivity index (χ4n) is 3.57. The third kappa shape index (κ3) is 4.83. The van der Waals surface area contributed by atoms with Crippen molar-refractivity contribution in [2.45, 2.75) is 26.2 Å². The molecule has 1 aromatic carbocycles. The van der Waals surface area contributed by atoms with Crippen molar-refractivity contribution in [3.63, 3.8) is 0 Å². The molecule has 0 spiro atoms. The predicted molar refractivity (Wildman–Crippen MR) is 105 cm³/mol. The first-order chi connectivity index (χ1) is 14.0. The molecule has 0 N–H and O–H groups in total. The van der Waals surface area contributed by atoms with Crippen LogP contribution >= 0.6 is 0 Å².